The van der Waals surface area contributed by atoms with Crippen molar-refractivity contribution in [2.24, 2.45) is 5.84 Å². The van der Waals surface area contributed by atoms with Crippen LogP contribution in [0.5, 0.6) is 0 Å². The molecule has 0 spiro atoms. The molecule has 0 amide bonds. The molecule has 0 saturated heterocycles. The molecule has 1 aromatic rings. The van der Waals surface area contributed by atoms with E-state index in [2.05, 4.69) is 24.9 Å². The summed E-state index contributed by atoms with van der Waals surface area (Å²) in [6.45, 7) is 6.26. The maximum atomic E-state index is 5.73. The van der Waals surface area contributed by atoms with Gasteiger partial charge < -0.3 is 5.01 Å². The summed E-state index contributed by atoms with van der Waals surface area (Å²) in [5, 5.41) is 1.59. The van der Waals surface area contributed by atoms with Gasteiger partial charge in [-0.15, -0.1) is 0 Å². The molecule has 1 heterocycles. The second-order valence-corrected chi connectivity index (χ2v) is 3.93. The van der Waals surface area contributed by atoms with Crippen molar-refractivity contribution in [2.75, 3.05) is 12.1 Å². The Labute approximate surface area is 91.6 Å². The highest BCUT2D eigenvalue weighted by Crippen LogP contribution is 2.22. The molecule has 0 atom stereocenters. The van der Waals surface area contributed by atoms with Crippen LogP contribution >= 0.6 is 0 Å². The number of anilines is 1. The fourth-order valence-electron chi connectivity index (χ4n) is 1.40. The molecule has 1 aromatic heterocycles. The first-order valence-corrected chi connectivity index (χ1v) is 5.17. The number of nitrogens with two attached hydrogens (primary N) is 1. The van der Waals surface area contributed by atoms with E-state index in [9.17, 15) is 0 Å². The summed E-state index contributed by atoms with van der Waals surface area (Å²) >= 11 is 0. The van der Waals surface area contributed by atoms with Crippen molar-refractivity contribution in [1.82, 2.24) is 4.98 Å². The van der Waals surface area contributed by atoms with E-state index in [4.69, 9.17) is 5.84 Å². The molecule has 3 nitrogen and oxygen atoms in total. The topological polar surface area (TPSA) is 42.2 Å². The Hall–Kier alpha value is -1.35. The first kappa shape index (κ1) is 11.7. The molecule has 0 fully saturated rings. The van der Waals surface area contributed by atoms with E-state index in [1.165, 1.54) is 0 Å². The minimum Gasteiger partial charge on any atom is -0.312 e. The van der Waals surface area contributed by atoms with E-state index < -0.39 is 0 Å². The van der Waals surface area contributed by atoms with Gasteiger partial charge in [0.05, 0.1) is 11.9 Å². The third-order valence-corrected chi connectivity index (χ3v) is 2.25. The number of rotatable bonds is 3. The second-order valence-electron chi connectivity index (χ2n) is 3.93. The lowest BCUT2D eigenvalue weighted by Gasteiger charge is -2.16. The Kier molecular flexibility index (Phi) is 3.86. The largest absolute Gasteiger partial charge is 0.312 e. The van der Waals surface area contributed by atoms with Crippen LogP contribution in [0, 0.1) is 0 Å². The van der Waals surface area contributed by atoms with E-state index in [0.717, 1.165) is 16.9 Å². The molecule has 15 heavy (non-hydrogen) atoms. The van der Waals surface area contributed by atoms with Crippen molar-refractivity contribution < 1.29 is 0 Å². The van der Waals surface area contributed by atoms with Gasteiger partial charge in [0.1, 0.15) is 0 Å². The van der Waals surface area contributed by atoms with Crippen LogP contribution in [0.2, 0.25) is 0 Å². The highest BCUT2D eigenvalue weighted by Gasteiger charge is 2.07. The minimum absolute atomic E-state index is 0.436. The van der Waals surface area contributed by atoms with Crippen LogP contribution in [0.1, 0.15) is 37.9 Å². The van der Waals surface area contributed by atoms with Gasteiger partial charge in [0, 0.05) is 18.3 Å². The Morgan fingerprint density at radius 1 is 1.47 bits per heavy atom. The molecule has 0 aliphatic carbocycles. The molecule has 0 saturated carbocycles. The lowest BCUT2D eigenvalue weighted by molar-refractivity contribution is 0.819. The number of hydrogen-bond donors (Lipinski definition) is 1. The first-order valence-electron chi connectivity index (χ1n) is 5.17. The molecule has 3 heteroatoms. The Morgan fingerprint density at radius 3 is 2.60 bits per heavy atom. The average Bonchev–Trinajstić information content (AvgIpc) is 2.17. The molecular formula is C12H19N3. The maximum Gasteiger partial charge on any atom is 0.0769 e. The highest BCUT2D eigenvalue weighted by molar-refractivity contribution is 5.66. The molecule has 0 aliphatic rings. The van der Waals surface area contributed by atoms with Crippen molar-refractivity contribution in [1.29, 1.82) is 0 Å². The Bertz CT molecular complexity index is 354. The van der Waals surface area contributed by atoms with E-state index >= 15 is 0 Å². The van der Waals surface area contributed by atoms with Crippen molar-refractivity contribution in [2.45, 2.75) is 26.7 Å². The van der Waals surface area contributed by atoms with Gasteiger partial charge in [-0.3, -0.25) is 4.98 Å². The quantitative estimate of drug-likeness (QED) is 0.609. The molecule has 0 bridgehead atoms. The number of nitrogens with zero attached hydrogens (tertiary/aromatic N) is 2. The van der Waals surface area contributed by atoms with Crippen LogP contribution in [0.25, 0.3) is 6.08 Å². The third kappa shape index (κ3) is 2.80. The second kappa shape index (κ2) is 4.94. The van der Waals surface area contributed by atoms with Gasteiger partial charge in [-0.2, -0.15) is 0 Å². The lowest BCUT2D eigenvalue weighted by Crippen LogP contribution is -2.26. The van der Waals surface area contributed by atoms with Crippen LogP contribution in [-0.4, -0.2) is 12.0 Å². The van der Waals surface area contributed by atoms with Crippen LogP contribution in [0.15, 0.2) is 18.3 Å². The molecule has 2 N–H and O–H groups in total. The molecular weight excluding hydrogens is 186 g/mol. The van der Waals surface area contributed by atoms with Gasteiger partial charge in [-0.25, -0.2) is 5.84 Å². The fraction of sp³-hybridized carbons (Fsp3) is 0.417. The number of aromatic nitrogens is 1. The summed E-state index contributed by atoms with van der Waals surface area (Å²) in [4.78, 5) is 4.39. The number of hydrogen-bond acceptors (Lipinski definition) is 3. The zero-order valence-corrected chi connectivity index (χ0v) is 9.86. The zero-order chi connectivity index (χ0) is 11.4. The normalized spacial score (nSPS) is 11.3. The summed E-state index contributed by atoms with van der Waals surface area (Å²) in [5.74, 6) is 6.17. The summed E-state index contributed by atoms with van der Waals surface area (Å²) < 4.78 is 0. The molecule has 82 valence electrons. The SMILES string of the molecule is C/C=C\c1cc(C(C)C)ncc1N(C)N. The summed E-state index contributed by atoms with van der Waals surface area (Å²) in [6, 6.07) is 2.09. The average molecular weight is 205 g/mol. The van der Waals surface area contributed by atoms with Crippen LogP contribution < -0.4 is 10.9 Å². The van der Waals surface area contributed by atoms with Crippen molar-refractivity contribution in [3.05, 3.63) is 29.6 Å². The number of hydrazine groups is 1. The molecule has 0 aromatic carbocycles. The predicted octanol–water partition coefficient (Wildman–Crippen LogP) is 2.55. The lowest BCUT2D eigenvalue weighted by atomic mass is 10.1. The predicted molar refractivity (Wildman–Crippen MR) is 65.6 cm³/mol. The number of allylic oxidation sites excluding steroid dienone is 1. The molecule has 0 aliphatic heterocycles. The van der Waals surface area contributed by atoms with Crippen molar-refractivity contribution in [3.8, 4) is 0 Å². The van der Waals surface area contributed by atoms with Crippen LogP contribution in [-0.2, 0) is 0 Å². The van der Waals surface area contributed by atoms with Gasteiger partial charge in [-0.1, -0.05) is 26.0 Å². The molecule has 1 rings (SSSR count). The highest BCUT2D eigenvalue weighted by atomic mass is 15.4. The van der Waals surface area contributed by atoms with Crippen molar-refractivity contribution in [3.63, 3.8) is 0 Å². The summed E-state index contributed by atoms with van der Waals surface area (Å²) in [7, 11) is 1.82. The third-order valence-electron chi connectivity index (χ3n) is 2.25. The number of pyridine rings is 1. The molecule has 0 radical (unpaired) electrons. The van der Waals surface area contributed by atoms with Crippen molar-refractivity contribution >= 4 is 11.8 Å². The van der Waals surface area contributed by atoms with E-state index in [1.807, 2.05) is 32.3 Å². The van der Waals surface area contributed by atoms with Gasteiger partial charge in [0.25, 0.3) is 0 Å². The van der Waals surface area contributed by atoms with Gasteiger partial charge in [-0.05, 0) is 18.9 Å². The Balaban J connectivity index is 3.20. The first-order chi connectivity index (χ1) is 7.06. The van der Waals surface area contributed by atoms with E-state index in [0.29, 0.717) is 5.92 Å². The van der Waals surface area contributed by atoms with E-state index in [1.54, 1.807) is 5.01 Å². The summed E-state index contributed by atoms with van der Waals surface area (Å²) in [6.07, 6.45) is 5.88. The Morgan fingerprint density at radius 2 is 2.13 bits per heavy atom. The van der Waals surface area contributed by atoms with Crippen LogP contribution in [0.3, 0.4) is 0 Å². The monoisotopic (exact) mass is 205 g/mol. The van der Waals surface area contributed by atoms with Gasteiger partial charge in [0.15, 0.2) is 0 Å². The van der Waals surface area contributed by atoms with Gasteiger partial charge >= 0.3 is 0 Å². The fourth-order valence-corrected chi connectivity index (χ4v) is 1.40. The maximum absolute atomic E-state index is 5.73. The van der Waals surface area contributed by atoms with Crippen LogP contribution in [0.4, 0.5) is 5.69 Å². The molecule has 0 unspecified atom stereocenters. The van der Waals surface area contributed by atoms with E-state index in [-0.39, 0.29) is 0 Å². The smallest absolute Gasteiger partial charge is 0.0769 e. The van der Waals surface area contributed by atoms with Gasteiger partial charge in [0.2, 0.25) is 0 Å². The summed E-state index contributed by atoms with van der Waals surface area (Å²) in [5.41, 5.74) is 3.15. The zero-order valence-electron chi connectivity index (χ0n) is 9.86. The standard InChI is InChI=1S/C12H19N3/c1-5-6-10-7-11(9(2)3)14-8-12(10)15(4)13/h5-9H,13H2,1-4H3/b6-5-. The minimum atomic E-state index is 0.436.